The van der Waals surface area contributed by atoms with Crippen LogP contribution in [-0.2, 0) is 22.6 Å². The van der Waals surface area contributed by atoms with Crippen molar-refractivity contribution in [1.29, 1.82) is 0 Å². The molecule has 33 heavy (non-hydrogen) atoms. The molecule has 0 saturated heterocycles. The molecule has 6 nitrogen and oxygen atoms in total. The van der Waals surface area contributed by atoms with Crippen molar-refractivity contribution < 1.29 is 24.2 Å². The first-order valence-electron chi connectivity index (χ1n) is 10.7. The number of nitrogens with zero attached hydrogens (tertiary/aromatic N) is 1. The Balaban J connectivity index is 1.39. The fourth-order valence-electron chi connectivity index (χ4n) is 3.82. The monoisotopic (exact) mass is 443 g/mol. The van der Waals surface area contributed by atoms with Gasteiger partial charge in [-0.1, -0.05) is 42.5 Å². The number of aromatic nitrogens is 1. The summed E-state index contributed by atoms with van der Waals surface area (Å²) in [5, 5.41) is 9.94. The maximum absolute atomic E-state index is 13.2. The molecule has 0 bridgehead atoms. The van der Waals surface area contributed by atoms with Gasteiger partial charge in [0.1, 0.15) is 12.4 Å². The Bertz CT molecular complexity index is 1260. The van der Waals surface area contributed by atoms with Gasteiger partial charge in [-0.25, -0.2) is 0 Å². The number of carbonyl (C=O) groups is 2. The minimum absolute atomic E-state index is 0.0872. The number of aryl methyl sites for hydroxylation is 1. The third kappa shape index (κ3) is 5.30. The van der Waals surface area contributed by atoms with Crippen molar-refractivity contribution in [3.05, 3.63) is 101 Å². The standard InChI is InChI=1S/C27H25NO5/c1-19-16-24-22(17-26(29)30)8-5-9-25(24)28(19)27(31)21-10-12-23(13-11-21)33-15-14-32-18-20-6-3-2-4-7-20/h2-13,16H,14-15,17-18H2,1H3,(H,29,30). The number of hydrogen-bond acceptors (Lipinski definition) is 4. The maximum Gasteiger partial charge on any atom is 0.307 e. The summed E-state index contributed by atoms with van der Waals surface area (Å²) in [5.74, 6) is -0.416. The lowest BCUT2D eigenvalue weighted by molar-refractivity contribution is -0.136. The van der Waals surface area contributed by atoms with Crippen LogP contribution in [0.4, 0.5) is 0 Å². The van der Waals surface area contributed by atoms with Crippen molar-refractivity contribution in [3.63, 3.8) is 0 Å². The molecule has 1 aromatic heterocycles. The fourth-order valence-corrected chi connectivity index (χ4v) is 3.82. The number of fused-ring (bicyclic) bond motifs is 1. The lowest BCUT2D eigenvalue weighted by Gasteiger charge is -2.10. The lowest BCUT2D eigenvalue weighted by atomic mass is 10.1. The predicted molar refractivity (Wildman–Crippen MR) is 126 cm³/mol. The molecule has 3 aromatic carbocycles. The van der Waals surface area contributed by atoms with E-state index in [1.165, 1.54) is 0 Å². The number of aliphatic carboxylic acids is 1. The van der Waals surface area contributed by atoms with Crippen LogP contribution in [-0.4, -0.2) is 34.8 Å². The second-order valence-corrected chi connectivity index (χ2v) is 7.76. The quantitative estimate of drug-likeness (QED) is 0.374. The highest BCUT2D eigenvalue weighted by atomic mass is 16.5. The van der Waals surface area contributed by atoms with Crippen molar-refractivity contribution >= 4 is 22.8 Å². The van der Waals surface area contributed by atoms with E-state index in [4.69, 9.17) is 14.6 Å². The minimum atomic E-state index is -0.903. The van der Waals surface area contributed by atoms with Gasteiger partial charge in [0.2, 0.25) is 0 Å². The number of hydrogen-bond donors (Lipinski definition) is 1. The molecule has 0 fully saturated rings. The molecular formula is C27H25NO5. The molecule has 0 saturated carbocycles. The first-order chi connectivity index (χ1) is 16.0. The molecule has 0 aliphatic rings. The van der Waals surface area contributed by atoms with Crippen LogP contribution in [0.25, 0.3) is 10.9 Å². The van der Waals surface area contributed by atoms with E-state index < -0.39 is 5.97 Å². The third-order valence-electron chi connectivity index (χ3n) is 5.37. The molecule has 4 aromatic rings. The van der Waals surface area contributed by atoms with Crippen LogP contribution < -0.4 is 4.74 Å². The zero-order valence-corrected chi connectivity index (χ0v) is 18.4. The van der Waals surface area contributed by atoms with E-state index in [0.717, 1.165) is 16.6 Å². The topological polar surface area (TPSA) is 77.8 Å². The number of carboxylic acid groups (broad SMARTS) is 1. The van der Waals surface area contributed by atoms with Gasteiger partial charge in [0.15, 0.2) is 0 Å². The SMILES string of the molecule is Cc1cc2c(CC(=O)O)cccc2n1C(=O)c1ccc(OCCOCc2ccccc2)cc1. The first kappa shape index (κ1) is 22.3. The highest BCUT2D eigenvalue weighted by Crippen LogP contribution is 2.25. The maximum atomic E-state index is 13.2. The van der Waals surface area contributed by atoms with Gasteiger partial charge < -0.3 is 14.6 Å². The van der Waals surface area contributed by atoms with Gasteiger partial charge >= 0.3 is 5.97 Å². The summed E-state index contributed by atoms with van der Waals surface area (Å²) in [7, 11) is 0. The van der Waals surface area contributed by atoms with Crippen LogP contribution in [0.1, 0.15) is 27.2 Å². The van der Waals surface area contributed by atoms with Gasteiger partial charge in [0.05, 0.1) is 25.2 Å². The highest BCUT2D eigenvalue weighted by molar-refractivity contribution is 6.04. The van der Waals surface area contributed by atoms with Gasteiger partial charge in [-0.15, -0.1) is 0 Å². The van der Waals surface area contributed by atoms with E-state index in [-0.39, 0.29) is 12.3 Å². The zero-order chi connectivity index (χ0) is 23.2. The molecule has 0 amide bonds. The van der Waals surface area contributed by atoms with Crippen LogP contribution in [0.3, 0.4) is 0 Å². The molecule has 6 heteroatoms. The van der Waals surface area contributed by atoms with Crippen LogP contribution in [0.15, 0.2) is 78.9 Å². The van der Waals surface area contributed by atoms with E-state index in [0.29, 0.717) is 42.2 Å². The fraction of sp³-hybridized carbons (Fsp3) is 0.185. The van der Waals surface area contributed by atoms with Crippen molar-refractivity contribution in [3.8, 4) is 5.75 Å². The van der Waals surface area contributed by atoms with E-state index in [2.05, 4.69) is 0 Å². The predicted octanol–water partition coefficient (Wildman–Crippen LogP) is 4.86. The Morgan fingerprint density at radius 1 is 0.909 bits per heavy atom. The van der Waals surface area contributed by atoms with Gasteiger partial charge in [-0.2, -0.15) is 0 Å². The molecule has 0 atom stereocenters. The Kier molecular flexibility index (Phi) is 6.86. The zero-order valence-electron chi connectivity index (χ0n) is 18.4. The number of carboxylic acids is 1. The Morgan fingerprint density at radius 2 is 1.67 bits per heavy atom. The van der Waals surface area contributed by atoms with Crippen LogP contribution in [0, 0.1) is 6.92 Å². The van der Waals surface area contributed by atoms with Crippen molar-refractivity contribution in [2.75, 3.05) is 13.2 Å². The number of benzene rings is 3. The normalized spacial score (nSPS) is 10.9. The average Bonchev–Trinajstić information content (AvgIpc) is 3.16. The molecule has 168 valence electrons. The van der Waals surface area contributed by atoms with Gasteiger partial charge in [0, 0.05) is 16.6 Å². The molecule has 0 spiro atoms. The molecule has 0 unspecified atom stereocenters. The summed E-state index contributed by atoms with van der Waals surface area (Å²) in [4.78, 5) is 24.4. The molecular weight excluding hydrogens is 418 g/mol. The number of rotatable bonds is 9. The highest BCUT2D eigenvalue weighted by Gasteiger charge is 2.17. The van der Waals surface area contributed by atoms with Crippen LogP contribution >= 0.6 is 0 Å². The smallest absolute Gasteiger partial charge is 0.307 e. The summed E-state index contributed by atoms with van der Waals surface area (Å²) in [6, 6.07) is 24.2. The van der Waals surface area contributed by atoms with E-state index in [1.807, 2.05) is 49.4 Å². The van der Waals surface area contributed by atoms with Gasteiger partial charge in [-0.3, -0.25) is 14.2 Å². The summed E-state index contributed by atoms with van der Waals surface area (Å²) in [6.45, 7) is 3.25. The number of carbonyl (C=O) groups excluding carboxylic acids is 1. The average molecular weight is 443 g/mol. The lowest BCUT2D eigenvalue weighted by Crippen LogP contribution is -2.13. The van der Waals surface area contributed by atoms with Crippen LogP contribution in [0.2, 0.25) is 0 Å². The summed E-state index contributed by atoms with van der Waals surface area (Å²) >= 11 is 0. The third-order valence-corrected chi connectivity index (χ3v) is 5.37. The van der Waals surface area contributed by atoms with E-state index >= 15 is 0 Å². The Labute approximate surface area is 192 Å². The summed E-state index contributed by atoms with van der Waals surface area (Å²) < 4.78 is 13.0. The molecule has 0 radical (unpaired) electrons. The van der Waals surface area contributed by atoms with Crippen molar-refractivity contribution in [2.45, 2.75) is 20.0 Å². The van der Waals surface area contributed by atoms with Gasteiger partial charge in [0.25, 0.3) is 5.91 Å². The second kappa shape index (κ2) is 10.1. The minimum Gasteiger partial charge on any atom is -0.491 e. The van der Waals surface area contributed by atoms with Crippen molar-refractivity contribution in [2.24, 2.45) is 0 Å². The molecule has 1 N–H and O–H groups in total. The Morgan fingerprint density at radius 3 is 2.39 bits per heavy atom. The van der Waals surface area contributed by atoms with Gasteiger partial charge in [-0.05, 0) is 54.4 Å². The molecule has 4 rings (SSSR count). The Hall–Kier alpha value is -3.90. The second-order valence-electron chi connectivity index (χ2n) is 7.76. The largest absolute Gasteiger partial charge is 0.491 e. The van der Waals surface area contributed by atoms with E-state index in [1.54, 1.807) is 41.0 Å². The van der Waals surface area contributed by atoms with Crippen molar-refractivity contribution in [1.82, 2.24) is 4.57 Å². The van der Waals surface area contributed by atoms with Crippen LogP contribution in [0.5, 0.6) is 5.75 Å². The van der Waals surface area contributed by atoms with E-state index in [9.17, 15) is 9.59 Å². The molecule has 0 aliphatic heterocycles. The number of ether oxygens (including phenoxy) is 2. The summed E-state index contributed by atoms with van der Waals surface area (Å²) in [6.07, 6.45) is -0.0872. The molecule has 1 heterocycles. The first-order valence-corrected chi connectivity index (χ1v) is 10.7. The molecule has 0 aliphatic carbocycles. The summed E-state index contributed by atoms with van der Waals surface area (Å²) in [5.41, 5.74) is 3.78.